The van der Waals surface area contributed by atoms with E-state index < -0.39 is 17.7 Å². The molecule has 1 aliphatic carbocycles. The molecule has 1 aromatic heterocycles. The fourth-order valence-corrected chi connectivity index (χ4v) is 5.07. The quantitative estimate of drug-likeness (QED) is 0.450. The molecule has 3 nitrogen and oxygen atoms in total. The molecule has 1 N–H and O–H groups in total. The number of hydrogen-bond donors (Lipinski definition) is 1. The molecule has 2 aromatic carbocycles. The summed E-state index contributed by atoms with van der Waals surface area (Å²) in [5.41, 5.74) is 4.56. The fraction of sp³-hybridized carbons (Fsp3) is 0.423. The first-order chi connectivity index (χ1) is 15.1. The number of carboxylic acids is 1. The van der Waals surface area contributed by atoms with Gasteiger partial charge in [0.25, 0.3) is 0 Å². The Kier molecular flexibility index (Phi) is 5.82. The lowest BCUT2D eigenvalue weighted by atomic mass is 9.84. The summed E-state index contributed by atoms with van der Waals surface area (Å²) in [6, 6.07) is 11.5. The largest absolute Gasteiger partial charge is 0.481 e. The van der Waals surface area contributed by atoms with Gasteiger partial charge in [-0.25, -0.2) is 0 Å². The van der Waals surface area contributed by atoms with Crippen LogP contribution in [0.25, 0.3) is 10.9 Å². The van der Waals surface area contributed by atoms with Crippen molar-refractivity contribution in [3.8, 4) is 0 Å². The summed E-state index contributed by atoms with van der Waals surface area (Å²) < 4.78 is 41.3. The molecule has 32 heavy (non-hydrogen) atoms. The number of halogens is 3. The van der Waals surface area contributed by atoms with E-state index in [1.165, 1.54) is 23.3 Å². The van der Waals surface area contributed by atoms with Gasteiger partial charge in [-0.15, -0.1) is 0 Å². The first-order valence-electron chi connectivity index (χ1n) is 11.1. The molecule has 1 aliphatic rings. The number of benzene rings is 2. The van der Waals surface area contributed by atoms with E-state index in [0.29, 0.717) is 5.92 Å². The molecule has 0 spiro atoms. The zero-order valence-corrected chi connectivity index (χ0v) is 18.5. The zero-order valence-electron chi connectivity index (χ0n) is 18.5. The summed E-state index contributed by atoms with van der Waals surface area (Å²) in [5.74, 6) is -0.572. The number of carboxylic acid groups (broad SMARTS) is 1. The van der Waals surface area contributed by atoms with E-state index in [4.69, 9.17) is 0 Å². The average molecular weight is 444 g/mol. The van der Waals surface area contributed by atoms with E-state index in [1.807, 2.05) is 6.92 Å². The molecule has 170 valence electrons. The first kappa shape index (κ1) is 22.4. The van der Waals surface area contributed by atoms with Gasteiger partial charge in [0, 0.05) is 22.5 Å². The van der Waals surface area contributed by atoms with Gasteiger partial charge in [0.15, 0.2) is 0 Å². The van der Waals surface area contributed by atoms with E-state index in [-0.39, 0.29) is 18.4 Å². The van der Waals surface area contributed by atoms with Crippen molar-refractivity contribution in [3.63, 3.8) is 0 Å². The number of nitrogens with zero attached hydrogens (tertiary/aromatic N) is 1. The molecule has 0 aliphatic heterocycles. The molecular formula is C26H28F3NO2. The van der Waals surface area contributed by atoms with Crippen LogP contribution < -0.4 is 0 Å². The summed E-state index contributed by atoms with van der Waals surface area (Å²) in [5, 5.41) is 10.7. The average Bonchev–Trinajstić information content (AvgIpc) is 3.07. The van der Waals surface area contributed by atoms with Gasteiger partial charge < -0.3 is 9.67 Å². The van der Waals surface area contributed by atoms with Crippen LogP contribution in [0.1, 0.15) is 85.9 Å². The van der Waals surface area contributed by atoms with Gasteiger partial charge in [-0.2, -0.15) is 13.2 Å². The summed E-state index contributed by atoms with van der Waals surface area (Å²) in [4.78, 5) is 11.6. The lowest BCUT2D eigenvalue weighted by molar-refractivity contribution is -0.138. The lowest BCUT2D eigenvalue weighted by Gasteiger charge is -2.28. The highest BCUT2D eigenvalue weighted by Crippen LogP contribution is 2.43. The Balaban J connectivity index is 1.90. The minimum atomic E-state index is -4.37. The number of rotatable bonds is 5. The predicted octanol–water partition coefficient (Wildman–Crippen LogP) is 7.29. The molecule has 0 saturated carbocycles. The van der Waals surface area contributed by atoms with Crippen molar-refractivity contribution in [3.05, 3.63) is 70.4 Å². The highest BCUT2D eigenvalue weighted by molar-refractivity contribution is 5.87. The summed E-state index contributed by atoms with van der Waals surface area (Å²) >= 11 is 0. The van der Waals surface area contributed by atoms with Crippen molar-refractivity contribution in [2.45, 2.75) is 70.5 Å². The molecule has 0 bridgehead atoms. The third-order valence-electron chi connectivity index (χ3n) is 6.74. The normalized spacial score (nSPS) is 17.5. The van der Waals surface area contributed by atoms with E-state index in [0.717, 1.165) is 53.6 Å². The second-order valence-electron chi connectivity index (χ2n) is 9.15. The van der Waals surface area contributed by atoms with Gasteiger partial charge in [-0.05, 0) is 73.1 Å². The molecule has 0 amide bonds. The van der Waals surface area contributed by atoms with Gasteiger partial charge >= 0.3 is 12.1 Å². The Morgan fingerprint density at radius 1 is 1.09 bits per heavy atom. The van der Waals surface area contributed by atoms with E-state index in [9.17, 15) is 23.1 Å². The van der Waals surface area contributed by atoms with Crippen LogP contribution in [0, 0.1) is 0 Å². The third-order valence-corrected chi connectivity index (χ3v) is 6.74. The zero-order chi connectivity index (χ0) is 23.2. The molecular weight excluding hydrogens is 415 g/mol. The highest BCUT2D eigenvalue weighted by atomic mass is 19.4. The monoisotopic (exact) mass is 443 g/mol. The summed E-state index contributed by atoms with van der Waals surface area (Å²) in [6.45, 7) is 6.26. The van der Waals surface area contributed by atoms with Crippen molar-refractivity contribution >= 4 is 16.9 Å². The summed E-state index contributed by atoms with van der Waals surface area (Å²) in [6.07, 6.45) is -1.70. The van der Waals surface area contributed by atoms with Gasteiger partial charge in [0.05, 0.1) is 18.0 Å². The first-order valence-corrected chi connectivity index (χ1v) is 11.1. The molecule has 6 heteroatoms. The molecule has 3 aromatic rings. The highest BCUT2D eigenvalue weighted by Gasteiger charge is 2.32. The molecule has 0 radical (unpaired) electrons. The fourth-order valence-electron chi connectivity index (χ4n) is 5.07. The topological polar surface area (TPSA) is 42.2 Å². The van der Waals surface area contributed by atoms with Crippen LogP contribution in [0.4, 0.5) is 13.2 Å². The standard InChI is InChI=1S/C26H28F3NO2/c1-15(2)18-9-12-23-22(13-18)21-6-4-5-19(14-24(31)32)25(21)30(23)16(3)17-7-10-20(11-8-17)26(27,28)29/h7-13,15-16,19H,4-6,14H2,1-3H3,(H,31,32). The predicted molar refractivity (Wildman–Crippen MR) is 119 cm³/mol. The SMILES string of the molecule is CC(C)c1ccc2c(c1)c1c(n2C(C)c2ccc(C(F)(F)F)cc2)C(CC(=O)O)CCC1. The van der Waals surface area contributed by atoms with Crippen LogP contribution in [0.15, 0.2) is 42.5 Å². The maximum atomic E-state index is 13.0. The Morgan fingerprint density at radius 3 is 2.34 bits per heavy atom. The molecule has 0 saturated heterocycles. The Morgan fingerprint density at radius 2 is 1.75 bits per heavy atom. The van der Waals surface area contributed by atoms with Crippen molar-refractivity contribution < 1.29 is 23.1 Å². The van der Waals surface area contributed by atoms with Crippen LogP contribution in [0.5, 0.6) is 0 Å². The second-order valence-corrected chi connectivity index (χ2v) is 9.15. The Labute approximate surface area is 185 Å². The van der Waals surface area contributed by atoms with Crippen LogP contribution in [0.2, 0.25) is 0 Å². The molecule has 2 atom stereocenters. The number of carbonyl (C=O) groups is 1. The van der Waals surface area contributed by atoms with Crippen molar-refractivity contribution in [2.75, 3.05) is 0 Å². The van der Waals surface area contributed by atoms with Crippen LogP contribution in [-0.4, -0.2) is 15.6 Å². The Bertz CT molecular complexity index is 1140. The number of aryl methyl sites for hydroxylation is 1. The number of aliphatic carboxylic acids is 1. The van der Waals surface area contributed by atoms with E-state index in [1.54, 1.807) is 0 Å². The maximum absolute atomic E-state index is 13.0. The van der Waals surface area contributed by atoms with Crippen LogP contribution in [0.3, 0.4) is 0 Å². The second kappa shape index (κ2) is 8.30. The van der Waals surface area contributed by atoms with E-state index in [2.05, 4.69) is 36.6 Å². The smallest absolute Gasteiger partial charge is 0.416 e. The minimum Gasteiger partial charge on any atom is -0.481 e. The van der Waals surface area contributed by atoms with E-state index >= 15 is 0 Å². The molecule has 2 unspecified atom stereocenters. The minimum absolute atomic E-state index is 0.0556. The summed E-state index contributed by atoms with van der Waals surface area (Å²) in [7, 11) is 0. The maximum Gasteiger partial charge on any atom is 0.416 e. The molecule has 1 heterocycles. The van der Waals surface area contributed by atoms with Crippen molar-refractivity contribution in [1.82, 2.24) is 4.57 Å². The number of aromatic nitrogens is 1. The Hall–Kier alpha value is -2.76. The number of hydrogen-bond acceptors (Lipinski definition) is 1. The molecule has 0 fully saturated rings. The van der Waals surface area contributed by atoms with Crippen molar-refractivity contribution in [1.29, 1.82) is 0 Å². The van der Waals surface area contributed by atoms with Crippen molar-refractivity contribution in [2.24, 2.45) is 0 Å². The van der Waals surface area contributed by atoms with Gasteiger partial charge in [-0.1, -0.05) is 32.0 Å². The third kappa shape index (κ3) is 4.03. The number of alkyl halides is 3. The number of fused-ring (bicyclic) bond motifs is 3. The van der Waals surface area contributed by atoms with Gasteiger partial charge in [0.1, 0.15) is 0 Å². The van der Waals surface area contributed by atoms with Gasteiger partial charge in [-0.3, -0.25) is 4.79 Å². The molecule has 4 rings (SSSR count). The van der Waals surface area contributed by atoms with Gasteiger partial charge in [0.2, 0.25) is 0 Å². The van der Waals surface area contributed by atoms with Crippen LogP contribution in [-0.2, 0) is 17.4 Å². The van der Waals surface area contributed by atoms with Crippen LogP contribution >= 0.6 is 0 Å². The lowest BCUT2D eigenvalue weighted by Crippen LogP contribution is -2.19.